The van der Waals surface area contributed by atoms with E-state index in [-0.39, 0.29) is 12.3 Å². The van der Waals surface area contributed by atoms with E-state index in [0.717, 1.165) is 25.7 Å². The fraction of sp³-hybridized carbons (Fsp3) is 0.882. The summed E-state index contributed by atoms with van der Waals surface area (Å²) in [5, 5.41) is 20.6. The smallest absolute Gasteiger partial charge is 0.186 e. The van der Waals surface area contributed by atoms with Crippen LogP contribution < -0.4 is 5.11 Å². The van der Waals surface area contributed by atoms with Crippen LogP contribution >= 0.6 is 0 Å². The highest BCUT2D eigenvalue weighted by molar-refractivity contribution is 5.79. The van der Waals surface area contributed by atoms with Crippen LogP contribution in [-0.4, -0.2) is 54.6 Å². The van der Waals surface area contributed by atoms with Crippen LogP contribution in [0.1, 0.15) is 68.8 Å². The number of ketones is 1. The van der Waals surface area contributed by atoms with E-state index in [0.29, 0.717) is 6.42 Å². The second-order valence-corrected chi connectivity index (χ2v) is 6.36. The van der Waals surface area contributed by atoms with Gasteiger partial charge in [-0.25, -0.2) is 0 Å². The summed E-state index contributed by atoms with van der Waals surface area (Å²) < 4.78 is 23.0. The normalized spacial score (nSPS) is 17.2. The van der Waals surface area contributed by atoms with E-state index in [1.54, 1.807) is 0 Å². The van der Waals surface area contributed by atoms with Crippen molar-refractivity contribution in [3.63, 3.8) is 0 Å². The van der Waals surface area contributed by atoms with Gasteiger partial charge in [0.15, 0.2) is 5.78 Å². The van der Waals surface area contributed by atoms with Crippen LogP contribution in [0, 0.1) is 0 Å². The first kappa shape index (κ1) is 15.9. The van der Waals surface area contributed by atoms with E-state index >= 15 is 0 Å². The van der Waals surface area contributed by atoms with E-state index in [4.69, 9.17) is 4.11 Å². The van der Waals surface area contributed by atoms with Crippen molar-refractivity contribution in [1.29, 1.82) is 0 Å². The molecule has 0 rings (SSSR count). The number of hydrogen-bond acceptors (Lipinski definition) is 4. The SMILES string of the molecule is [2H]C([2H])([C@]([2H])(O)CC(=O)[O-])[N+](C)(C)CC(=O)CCCCCCCCC. The lowest BCUT2D eigenvalue weighted by molar-refractivity contribution is -0.885. The Bertz CT molecular complexity index is 440. The number of unbranched alkanes of at least 4 members (excludes halogenated alkanes) is 6. The molecule has 0 spiro atoms. The summed E-state index contributed by atoms with van der Waals surface area (Å²) in [5.41, 5.74) is 0. The molecule has 0 saturated carbocycles. The summed E-state index contributed by atoms with van der Waals surface area (Å²) in [6, 6.07) is 0. The number of rotatable bonds is 14. The first-order valence-electron chi connectivity index (χ1n) is 9.64. The summed E-state index contributed by atoms with van der Waals surface area (Å²) in [6.07, 6.45) is 3.81. The fourth-order valence-corrected chi connectivity index (χ4v) is 2.36. The van der Waals surface area contributed by atoms with Gasteiger partial charge in [-0.15, -0.1) is 0 Å². The Balaban J connectivity index is 4.48. The molecule has 0 aliphatic heterocycles. The zero-order valence-corrected chi connectivity index (χ0v) is 14.2. The minimum atomic E-state index is -2.88. The minimum absolute atomic E-state index is 0.160. The van der Waals surface area contributed by atoms with Crippen molar-refractivity contribution in [2.45, 2.75) is 70.8 Å². The third kappa shape index (κ3) is 12.8. The van der Waals surface area contributed by atoms with Gasteiger partial charge in [0.25, 0.3) is 0 Å². The highest BCUT2D eigenvalue weighted by Gasteiger charge is 2.23. The Labute approximate surface area is 139 Å². The van der Waals surface area contributed by atoms with Crippen LogP contribution in [-0.2, 0) is 9.59 Å². The average molecular weight is 318 g/mol. The largest absolute Gasteiger partial charge is 0.550 e. The summed E-state index contributed by atoms with van der Waals surface area (Å²) in [5.74, 6) is -1.87. The van der Waals surface area contributed by atoms with Gasteiger partial charge in [0, 0.05) is 18.8 Å². The Morgan fingerprint density at radius 2 is 1.73 bits per heavy atom. The molecule has 0 amide bonds. The first-order chi connectivity index (χ1) is 11.4. The maximum absolute atomic E-state index is 12.1. The molecule has 0 bridgehead atoms. The third-order valence-electron chi connectivity index (χ3n) is 3.37. The number of carboxylic acids is 1. The molecule has 0 aliphatic rings. The van der Waals surface area contributed by atoms with Gasteiger partial charge in [-0.05, 0) is 6.42 Å². The molecule has 130 valence electrons. The number of likely N-dealkylation sites (N-methyl/N-ethyl adjacent to an activating group) is 1. The molecular formula is C17H33NO4. The Hall–Kier alpha value is -0.940. The molecule has 1 atom stereocenters. The number of quaternary nitrogens is 1. The molecule has 0 aromatic carbocycles. The lowest BCUT2D eigenvalue weighted by Crippen LogP contribution is -2.49. The highest BCUT2D eigenvalue weighted by Crippen LogP contribution is 2.10. The number of carbonyl (C=O) groups excluding carboxylic acids is 2. The van der Waals surface area contributed by atoms with Gasteiger partial charge in [0.1, 0.15) is 19.1 Å². The monoisotopic (exact) mass is 318 g/mol. The molecule has 0 aliphatic carbocycles. The molecule has 0 aromatic rings. The zero-order valence-electron chi connectivity index (χ0n) is 17.2. The molecule has 0 radical (unpaired) electrons. The van der Waals surface area contributed by atoms with Crippen molar-refractivity contribution in [2.24, 2.45) is 0 Å². The number of carbonyl (C=O) groups is 2. The second kappa shape index (κ2) is 11.6. The predicted molar refractivity (Wildman–Crippen MR) is 85.1 cm³/mol. The van der Waals surface area contributed by atoms with Crippen LogP contribution in [0.25, 0.3) is 0 Å². The van der Waals surface area contributed by atoms with Gasteiger partial charge in [-0.3, -0.25) is 4.79 Å². The van der Waals surface area contributed by atoms with Crippen molar-refractivity contribution in [2.75, 3.05) is 27.1 Å². The summed E-state index contributed by atoms with van der Waals surface area (Å²) in [4.78, 5) is 22.8. The Kier molecular flexibility index (Phi) is 8.41. The Morgan fingerprint density at radius 3 is 2.27 bits per heavy atom. The van der Waals surface area contributed by atoms with Gasteiger partial charge in [-0.1, -0.05) is 45.4 Å². The van der Waals surface area contributed by atoms with Crippen LogP contribution in [0.2, 0.25) is 0 Å². The van der Waals surface area contributed by atoms with E-state index < -0.39 is 29.5 Å². The molecular weight excluding hydrogens is 282 g/mol. The molecule has 0 aromatic heterocycles. The summed E-state index contributed by atoms with van der Waals surface area (Å²) >= 11 is 0. The fourth-order valence-electron chi connectivity index (χ4n) is 2.36. The molecule has 0 fully saturated rings. The lowest BCUT2D eigenvalue weighted by Gasteiger charge is -2.31. The molecule has 0 unspecified atom stereocenters. The Morgan fingerprint density at radius 1 is 1.18 bits per heavy atom. The predicted octanol–water partition coefficient (Wildman–Crippen LogP) is 1.27. The summed E-state index contributed by atoms with van der Waals surface area (Å²) in [7, 11) is 2.74. The van der Waals surface area contributed by atoms with Crippen LogP contribution in [0.3, 0.4) is 0 Å². The van der Waals surface area contributed by atoms with Crippen molar-refractivity contribution < 1.29 is 28.4 Å². The standard InChI is InChI=1S/C17H33NO4/c1-4-5-6-7-8-9-10-11-15(19)13-18(2,3)14-16(20)12-17(21)22/h16,20H,4-14H2,1-3H3/t16-/m1/s1/i14D2,16D. The van der Waals surface area contributed by atoms with Gasteiger partial charge in [-0.2, -0.15) is 0 Å². The van der Waals surface area contributed by atoms with Gasteiger partial charge in [0.2, 0.25) is 0 Å². The lowest BCUT2D eigenvalue weighted by atomic mass is 10.1. The number of nitrogens with zero attached hydrogens (tertiary/aromatic N) is 1. The van der Waals surface area contributed by atoms with E-state index in [1.165, 1.54) is 33.4 Å². The molecule has 0 saturated heterocycles. The molecule has 1 N–H and O–H groups in total. The van der Waals surface area contributed by atoms with E-state index in [9.17, 15) is 19.8 Å². The topological polar surface area (TPSA) is 77.4 Å². The van der Waals surface area contributed by atoms with Gasteiger partial charge < -0.3 is 19.5 Å². The molecule has 5 nitrogen and oxygen atoms in total. The number of carboxylic acid groups (broad SMARTS) is 1. The van der Waals surface area contributed by atoms with Crippen molar-refractivity contribution in [1.82, 2.24) is 0 Å². The maximum Gasteiger partial charge on any atom is 0.186 e. The van der Waals surface area contributed by atoms with E-state index in [2.05, 4.69) is 6.92 Å². The first-order valence-corrected chi connectivity index (χ1v) is 8.14. The number of aliphatic hydroxyl groups is 1. The molecule has 22 heavy (non-hydrogen) atoms. The maximum atomic E-state index is 12.1. The van der Waals surface area contributed by atoms with Gasteiger partial charge in [0.05, 0.1) is 18.2 Å². The molecule has 5 heteroatoms. The van der Waals surface area contributed by atoms with E-state index in [1.807, 2.05) is 0 Å². The van der Waals surface area contributed by atoms with Crippen LogP contribution in [0.5, 0.6) is 0 Å². The molecule has 0 heterocycles. The van der Waals surface area contributed by atoms with Crippen molar-refractivity contribution in [3.05, 3.63) is 0 Å². The van der Waals surface area contributed by atoms with Gasteiger partial charge >= 0.3 is 0 Å². The average Bonchev–Trinajstić information content (AvgIpc) is 2.44. The summed E-state index contributed by atoms with van der Waals surface area (Å²) in [6.45, 7) is -0.692. The van der Waals surface area contributed by atoms with Crippen LogP contribution in [0.15, 0.2) is 0 Å². The van der Waals surface area contributed by atoms with Crippen molar-refractivity contribution in [3.8, 4) is 0 Å². The quantitative estimate of drug-likeness (QED) is 0.386. The van der Waals surface area contributed by atoms with Crippen LogP contribution in [0.4, 0.5) is 0 Å². The number of Topliss-reactive ketones (excluding diaryl/α,β-unsaturated/α-hetero) is 1. The number of hydrogen-bond donors (Lipinski definition) is 1. The number of aliphatic carboxylic acids is 1. The van der Waals surface area contributed by atoms with Crippen molar-refractivity contribution >= 4 is 11.8 Å². The minimum Gasteiger partial charge on any atom is -0.550 e. The second-order valence-electron chi connectivity index (χ2n) is 6.36. The zero-order chi connectivity index (χ0) is 19.7. The third-order valence-corrected chi connectivity index (χ3v) is 3.37. The highest BCUT2D eigenvalue weighted by atomic mass is 16.4.